The third-order valence-corrected chi connectivity index (χ3v) is 2.30. The molecule has 0 N–H and O–H groups in total. The first-order chi connectivity index (χ1) is 7.97. The molecule has 0 saturated heterocycles. The first-order valence-electron chi connectivity index (χ1n) is 4.95. The van der Waals surface area contributed by atoms with Gasteiger partial charge in [0.15, 0.2) is 11.5 Å². The second kappa shape index (κ2) is 4.27. The van der Waals surface area contributed by atoms with Crippen LogP contribution < -0.4 is 9.47 Å². The van der Waals surface area contributed by atoms with Crippen LogP contribution in [0.25, 0.3) is 0 Å². The highest BCUT2D eigenvalue weighted by Gasteiger charge is 2.40. The van der Waals surface area contributed by atoms with Crippen LogP contribution in [0.4, 0.5) is 13.2 Å². The molecule has 17 heavy (non-hydrogen) atoms. The molecule has 6 heteroatoms. The fourth-order valence-electron chi connectivity index (χ4n) is 1.49. The standard InChI is InChI=1S/C11H9F3O3/c12-11(13,14)10(15)5-7-6-16-8-3-1-2-4-9(8)17-7/h1-4,7H,5-6H2. The van der Waals surface area contributed by atoms with Crippen LogP contribution in [0, 0.1) is 0 Å². The number of rotatable bonds is 2. The molecule has 0 bridgehead atoms. The van der Waals surface area contributed by atoms with E-state index in [-0.39, 0.29) is 6.61 Å². The van der Waals surface area contributed by atoms with Gasteiger partial charge in [-0.2, -0.15) is 13.2 Å². The summed E-state index contributed by atoms with van der Waals surface area (Å²) in [6, 6.07) is 6.64. The van der Waals surface area contributed by atoms with Gasteiger partial charge < -0.3 is 9.47 Å². The molecule has 0 aromatic heterocycles. The number of carbonyl (C=O) groups is 1. The molecule has 0 fully saturated rings. The van der Waals surface area contributed by atoms with E-state index in [2.05, 4.69) is 0 Å². The Balaban J connectivity index is 2.01. The van der Waals surface area contributed by atoms with Crippen LogP contribution in [-0.4, -0.2) is 24.7 Å². The highest BCUT2D eigenvalue weighted by atomic mass is 19.4. The van der Waals surface area contributed by atoms with Crippen LogP contribution >= 0.6 is 0 Å². The first-order valence-corrected chi connectivity index (χ1v) is 4.95. The Hall–Kier alpha value is -1.72. The maximum Gasteiger partial charge on any atom is 0.450 e. The van der Waals surface area contributed by atoms with Crippen molar-refractivity contribution in [1.82, 2.24) is 0 Å². The summed E-state index contributed by atoms with van der Waals surface area (Å²) in [6.07, 6.45) is -6.43. The van der Waals surface area contributed by atoms with Crippen molar-refractivity contribution in [2.75, 3.05) is 6.61 Å². The molecule has 1 atom stereocenters. The average molecular weight is 246 g/mol. The van der Waals surface area contributed by atoms with Crippen molar-refractivity contribution in [3.63, 3.8) is 0 Å². The van der Waals surface area contributed by atoms with Gasteiger partial charge in [0.25, 0.3) is 0 Å². The zero-order valence-electron chi connectivity index (χ0n) is 8.66. The lowest BCUT2D eigenvalue weighted by molar-refractivity contribution is -0.173. The normalized spacial score (nSPS) is 18.9. The van der Waals surface area contributed by atoms with Crippen LogP contribution in [0.5, 0.6) is 11.5 Å². The Bertz CT molecular complexity index is 428. The molecule has 1 unspecified atom stereocenters. The molecule has 0 spiro atoms. The third kappa shape index (κ3) is 2.69. The Morgan fingerprint density at radius 1 is 1.29 bits per heavy atom. The molecule has 2 rings (SSSR count). The van der Waals surface area contributed by atoms with Crippen LogP contribution in [-0.2, 0) is 4.79 Å². The van der Waals surface area contributed by atoms with Gasteiger partial charge in [0.1, 0.15) is 12.7 Å². The molecule has 0 saturated carbocycles. The minimum Gasteiger partial charge on any atom is -0.486 e. The number of fused-ring (bicyclic) bond motifs is 1. The molecule has 1 aromatic carbocycles. The summed E-state index contributed by atoms with van der Waals surface area (Å²) in [5.74, 6) is -0.965. The topological polar surface area (TPSA) is 35.5 Å². The molecule has 1 heterocycles. The number of halogens is 3. The minimum atomic E-state index is -4.82. The summed E-state index contributed by atoms with van der Waals surface area (Å²) in [5, 5.41) is 0. The second-order valence-electron chi connectivity index (χ2n) is 3.62. The largest absolute Gasteiger partial charge is 0.486 e. The molecule has 3 nitrogen and oxygen atoms in total. The molecule has 1 aliphatic heterocycles. The van der Waals surface area contributed by atoms with Gasteiger partial charge in [-0.15, -0.1) is 0 Å². The number of carbonyl (C=O) groups excluding carboxylic acids is 1. The highest BCUT2D eigenvalue weighted by molar-refractivity contribution is 5.84. The molecular formula is C11H9F3O3. The number of Topliss-reactive ketones (excluding diaryl/α,β-unsaturated/α-hetero) is 1. The summed E-state index contributed by atoms with van der Waals surface area (Å²) < 4.78 is 46.6. The van der Waals surface area contributed by atoms with E-state index in [1.807, 2.05) is 0 Å². The zero-order chi connectivity index (χ0) is 12.5. The van der Waals surface area contributed by atoms with E-state index < -0.39 is 24.5 Å². The molecular weight excluding hydrogens is 237 g/mol. The molecule has 0 aliphatic carbocycles. The summed E-state index contributed by atoms with van der Waals surface area (Å²) in [4.78, 5) is 10.8. The third-order valence-electron chi connectivity index (χ3n) is 2.30. The predicted octanol–water partition coefficient (Wildman–Crippen LogP) is 2.35. The van der Waals surface area contributed by atoms with E-state index in [9.17, 15) is 18.0 Å². The molecule has 92 valence electrons. The van der Waals surface area contributed by atoms with Gasteiger partial charge in [-0.05, 0) is 12.1 Å². The van der Waals surface area contributed by atoms with Gasteiger partial charge in [-0.1, -0.05) is 12.1 Å². The summed E-state index contributed by atoms with van der Waals surface area (Å²) in [5.41, 5.74) is 0. The fourth-order valence-corrected chi connectivity index (χ4v) is 1.49. The van der Waals surface area contributed by atoms with Crippen molar-refractivity contribution in [2.24, 2.45) is 0 Å². The maximum atomic E-state index is 12.1. The van der Waals surface area contributed by atoms with Crippen LogP contribution in [0.1, 0.15) is 6.42 Å². The lowest BCUT2D eigenvalue weighted by atomic mass is 10.1. The average Bonchev–Trinajstić information content (AvgIpc) is 2.27. The van der Waals surface area contributed by atoms with E-state index in [0.717, 1.165) is 0 Å². The van der Waals surface area contributed by atoms with Gasteiger partial charge in [0.05, 0.1) is 6.42 Å². The van der Waals surface area contributed by atoms with Gasteiger partial charge in [0, 0.05) is 0 Å². The lowest BCUT2D eigenvalue weighted by Gasteiger charge is -2.26. The van der Waals surface area contributed by atoms with Crippen molar-refractivity contribution in [3.8, 4) is 11.5 Å². The summed E-state index contributed by atoms with van der Waals surface area (Å²) >= 11 is 0. The Morgan fingerprint density at radius 2 is 1.94 bits per heavy atom. The second-order valence-corrected chi connectivity index (χ2v) is 3.62. The highest BCUT2D eigenvalue weighted by Crippen LogP contribution is 2.32. The van der Waals surface area contributed by atoms with Crippen LogP contribution in [0.2, 0.25) is 0 Å². The molecule has 1 aliphatic rings. The maximum absolute atomic E-state index is 12.1. The number of benzene rings is 1. The summed E-state index contributed by atoms with van der Waals surface area (Å²) in [7, 11) is 0. The van der Waals surface area contributed by atoms with Crippen LogP contribution in [0.3, 0.4) is 0 Å². The number of hydrogen-bond donors (Lipinski definition) is 0. The van der Waals surface area contributed by atoms with Gasteiger partial charge >= 0.3 is 6.18 Å². The SMILES string of the molecule is O=C(CC1COc2ccccc2O1)C(F)(F)F. The van der Waals surface area contributed by atoms with E-state index in [4.69, 9.17) is 9.47 Å². The zero-order valence-corrected chi connectivity index (χ0v) is 8.66. The van der Waals surface area contributed by atoms with E-state index in [1.54, 1.807) is 24.3 Å². The molecule has 1 aromatic rings. The Morgan fingerprint density at radius 3 is 2.59 bits per heavy atom. The lowest BCUT2D eigenvalue weighted by Crippen LogP contribution is -2.35. The van der Waals surface area contributed by atoms with Crippen LogP contribution in [0.15, 0.2) is 24.3 Å². The predicted molar refractivity (Wildman–Crippen MR) is 52.0 cm³/mol. The van der Waals surface area contributed by atoms with E-state index >= 15 is 0 Å². The monoisotopic (exact) mass is 246 g/mol. The van der Waals surface area contributed by atoms with Gasteiger partial charge in [-0.25, -0.2) is 0 Å². The van der Waals surface area contributed by atoms with Crippen molar-refractivity contribution < 1.29 is 27.4 Å². The minimum absolute atomic E-state index is 0.0567. The first kappa shape index (κ1) is 11.8. The van der Waals surface area contributed by atoms with Gasteiger partial charge in [-0.3, -0.25) is 4.79 Å². The van der Waals surface area contributed by atoms with E-state index in [1.165, 1.54) is 0 Å². The molecule has 0 radical (unpaired) electrons. The fraction of sp³-hybridized carbons (Fsp3) is 0.364. The number of hydrogen-bond acceptors (Lipinski definition) is 3. The van der Waals surface area contributed by atoms with Crippen molar-refractivity contribution >= 4 is 5.78 Å². The number of ketones is 1. The van der Waals surface area contributed by atoms with Crippen molar-refractivity contribution in [2.45, 2.75) is 18.7 Å². The number of alkyl halides is 3. The van der Waals surface area contributed by atoms with Gasteiger partial charge in [0.2, 0.25) is 5.78 Å². The van der Waals surface area contributed by atoms with E-state index in [0.29, 0.717) is 11.5 Å². The molecule has 0 amide bonds. The quantitative estimate of drug-likeness (QED) is 0.803. The van der Waals surface area contributed by atoms with Crippen molar-refractivity contribution in [1.29, 1.82) is 0 Å². The van der Waals surface area contributed by atoms with Crippen molar-refractivity contribution in [3.05, 3.63) is 24.3 Å². The Kier molecular flexibility index (Phi) is 2.95. The Labute approximate surface area is 95.1 Å². The smallest absolute Gasteiger partial charge is 0.450 e. The number of ether oxygens (including phenoxy) is 2. The summed E-state index contributed by atoms with van der Waals surface area (Å²) in [6.45, 7) is -0.0567. The number of para-hydroxylation sites is 2.